The number of carboxylic acids is 1. The molecule has 0 atom stereocenters. The highest BCUT2D eigenvalue weighted by atomic mass is 19.1. The van der Waals surface area contributed by atoms with Gasteiger partial charge in [-0.2, -0.15) is 0 Å². The second kappa shape index (κ2) is 8.75. The van der Waals surface area contributed by atoms with Gasteiger partial charge in [0.15, 0.2) is 0 Å². The zero-order valence-electron chi connectivity index (χ0n) is 19.0. The molecule has 4 nitrogen and oxygen atoms in total. The Morgan fingerprint density at radius 2 is 1.68 bits per heavy atom. The molecule has 1 heterocycles. The Morgan fingerprint density at radius 3 is 2.35 bits per heavy atom. The number of fused-ring (bicyclic) bond motifs is 1. The highest BCUT2D eigenvalue weighted by Gasteiger charge is 2.30. The van der Waals surface area contributed by atoms with Crippen LogP contribution in [0.5, 0.6) is 5.75 Å². The van der Waals surface area contributed by atoms with Crippen molar-refractivity contribution in [2.75, 3.05) is 7.11 Å². The lowest BCUT2D eigenvalue weighted by Crippen LogP contribution is -2.02. The van der Waals surface area contributed by atoms with Gasteiger partial charge in [0.05, 0.1) is 18.3 Å². The number of nitrogens with zero attached hydrogens (tertiary/aromatic N) is 1. The van der Waals surface area contributed by atoms with E-state index in [1.54, 1.807) is 26.2 Å². The Hall–Kier alpha value is -3.99. The van der Waals surface area contributed by atoms with Crippen molar-refractivity contribution in [1.82, 2.24) is 4.98 Å². The van der Waals surface area contributed by atoms with Gasteiger partial charge < -0.3 is 9.84 Å². The second-order valence-corrected chi connectivity index (χ2v) is 8.65. The van der Waals surface area contributed by atoms with Crippen molar-refractivity contribution < 1.29 is 19.0 Å². The fraction of sp³-hybridized carbons (Fsp3) is 0.172. The SMILES string of the molecule is COc1ccc(F)c(-c2ccc(-c3ccc4ccc(C(=C(C)C(=O)O)C5CC5)cc4n3)cc2)c1. The molecule has 5 rings (SSSR count). The zero-order chi connectivity index (χ0) is 23.8. The minimum Gasteiger partial charge on any atom is -0.497 e. The number of allylic oxidation sites excluding steroid dienone is 1. The van der Waals surface area contributed by atoms with Crippen LogP contribution in [-0.4, -0.2) is 23.2 Å². The first-order chi connectivity index (χ1) is 16.4. The van der Waals surface area contributed by atoms with Crippen molar-refractivity contribution in [1.29, 1.82) is 0 Å². The van der Waals surface area contributed by atoms with Crippen LogP contribution < -0.4 is 4.74 Å². The number of hydrogen-bond acceptors (Lipinski definition) is 3. The molecule has 0 bridgehead atoms. The Kier molecular flexibility index (Phi) is 5.62. The number of pyridine rings is 1. The van der Waals surface area contributed by atoms with E-state index in [1.807, 2.05) is 54.6 Å². The number of halogens is 1. The van der Waals surface area contributed by atoms with Crippen molar-refractivity contribution in [3.63, 3.8) is 0 Å². The second-order valence-electron chi connectivity index (χ2n) is 8.65. The summed E-state index contributed by atoms with van der Waals surface area (Å²) in [4.78, 5) is 16.5. The topological polar surface area (TPSA) is 59.4 Å². The van der Waals surface area contributed by atoms with Gasteiger partial charge in [0.25, 0.3) is 0 Å². The summed E-state index contributed by atoms with van der Waals surface area (Å²) in [5, 5.41) is 10.5. The monoisotopic (exact) mass is 453 g/mol. The summed E-state index contributed by atoms with van der Waals surface area (Å²) in [5.74, 6) is -0.274. The Labute approximate surface area is 197 Å². The van der Waals surface area contributed by atoms with E-state index < -0.39 is 5.97 Å². The third kappa shape index (κ3) is 4.17. The lowest BCUT2D eigenvalue weighted by Gasteiger charge is -2.11. The molecule has 0 radical (unpaired) electrons. The molecule has 34 heavy (non-hydrogen) atoms. The van der Waals surface area contributed by atoms with Crippen molar-refractivity contribution >= 4 is 22.4 Å². The van der Waals surface area contributed by atoms with Crippen LogP contribution >= 0.6 is 0 Å². The Morgan fingerprint density at radius 1 is 0.971 bits per heavy atom. The maximum Gasteiger partial charge on any atom is 0.331 e. The van der Waals surface area contributed by atoms with Crippen LogP contribution in [0, 0.1) is 11.7 Å². The van der Waals surface area contributed by atoms with E-state index in [0.717, 1.165) is 51.7 Å². The number of rotatable bonds is 6. The number of benzene rings is 3. The van der Waals surface area contributed by atoms with E-state index in [4.69, 9.17) is 9.72 Å². The lowest BCUT2D eigenvalue weighted by atomic mass is 9.95. The van der Waals surface area contributed by atoms with Crippen LogP contribution in [0.1, 0.15) is 25.3 Å². The van der Waals surface area contributed by atoms with Crippen LogP contribution in [0.25, 0.3) is 38.9 Å². The summed E-state index contributed by atoms with van der Waals surface area (Å²) in [6, 6.07) is 22.2. The first-order valence-electron chi connectivity index (χ1n) is 11.2. The highest BCUT2D eigenvalue weighted by molar-refractivity contribution is 5.98. The number of aromatic nitrogens is 1. The van der Waals surface area contributed by atoms with Gasteiger partial charge in [-0.3, -0.25) is 0 Å². The average Bonchev–Trinajstić information content (AvgIpc) is 3.69. The normalized spacial score (nSPS) is 14.1. The summed E-state index contributed by atoms with van der Waals surface area (Å²) < 4.78 is 19.6. The van der Waals surface area contributed by atoms with E-state index in [9.17, 15) is 14.3 Å². The number of hydrogen-bond donors (Lipinski definition) is 1. The molecule has 0 unspecified atom stereocenters. The molecule has 0 saturated heterocycles. The van der Waals surface area contributed by atoms with Gasteiger partial charge in [-0.1, -0.05) is 42.5 Å². The molecular weight excluding hydrogens is 429 g/mol. The summed E-state index contributed by atoms with van der Waals surface area (Å²) in [5.41, 5.74) is 6.00. The molecule has 0 amide bonds. The number of carboxylic acid groups (broad SMARTS) is 1. The third-order valence-corrected chi connectivity index (χ3v) is 6.38. The maximum absolute atomic E-state index is 14.4. The molecule has 5 heteroatoms. The maximum atomic E-state index is 14.4. The van der Waals surface area contributed by atoms with Crippen LogP contribution in [0.15, 0.2) is 78.4 Å². The van der Waals surface area contributed by atoms with E-state index in [2.05, 4.69) is 0 Å². The number of methoxy groups -OCH3 is 1. The average molecular weight is 454 g/mol. The molecule has 3 aromatic carbocycles. The van der Waals surface area contributed by atoms with Crippen molar-refractivity contribution in [2.24, 2.45) is 5.92 Å². The summed E-state index contributed by atoms with van der Waals surface area (Å²) in [6.45, 7) is 1.68. The molecule has 1 aliphatic rings. The summed E-state index contributed by atoms with van der Waals surface area (Å²) >= 11 is 0. The Bertz CT molecular complexity index is 1440. The molecule has 1 saturated carbocycles. The molecule has 170 valence electrons. The van der Waals surface area contributed by atoms with Gasteiger partial charge in [-0.25, -0.2) is 14.2 Å². The van der Waals surface area contributed by atoms with Gasteiger partial charge in [0.2, 0.25) is 0 Å². The van der Waals surface area contributed by atoms with Crippen molar-refractivity contribution in [3.8, 4) is 28.1 Å². The van der Waals surface area contributed by atoms with Gasteiger partial charge in [0, 0.05) is 22.1 Å². The molecule has 1 fully saturated rings. The summed E-state index contributed by atoms with van der Waals surface area (Å²) in [7, 11) is 1.56. The largest absolute Gasteiger partial charge is 0.497 e. The van der Waals surface area contributed by atoms with Crippen LogP contribution in [-0.2, 0) is 4.79 Å². The van der Waals surface area contributed by atoms with Crippen LogP contribution in [0.3, 0.4) is 0 Å². The molecular formula is C29H24FNO3. The number of ether oxygens (including phenoxy) is 1. The predicted octanol–water partition coefficient (Wildman–Crippen LogP) is 6.98. The predicted molar refractivity (Wildman–Crippen MR) is 132 cm³/mol. The molecule has 0 spiro atoms. The number of aliphatic carboxylic acids is 1. The standard InChI is InChI=1S/C29H24FNO3/c1-17(29(32)33)28(21-8-9-21)22-10-7-20-11-14-26(31-27(20)15-22)19-5-3-18(4-6-19)24-16-23(34-2)12-13-25(24)30/h3-7,10-16,21H,8-9H2,1-2H3,(H,32,33). The first-order valence-corrected chi connectivity index (χ1v) is 11.2. The lowest BCUT2D eigenvalue weighted by molar-refractivity contribution is -0.132. The van der Waals surface area contributed by atoms with Crippen molar-refractivity contribution in [3.05, 3.63) is 89.8 Å². The van der Waals surface area contributed by atoms with Gasteiger partial charge in [-0.15, -0.1) is 0 Å². The zero-order valence-corrected chi connectivity index (χ0v) is 19.0. The van der Waals surface area contributed by atoms with Crippen LogP contribution in [0.2, 0.25) is 0 Å². The number of carbonyl (C=O) groups is 1. The molecule has 0 aliphatic heterocycles. The van der Waals surface area contributed by atoms with E-state index in [-0.39, 0.29) is 5.82 Å². The molecule has 1 aliphatic carbocycles. The Balaban J connectivity index is 1.51. The van der Waals surface area contributed by atoms with E-state index in [0.29, 0.717) is 22.8 Å². The summed E-state index contributed by atoms with van der Waals surface area (Å²) in [6.07, 6.45) is 2.04. The molecule has 1 N–H and O–H groups in total. The van der Waals surface area contributed by atoms with E-state index >= 15 is 0 Å². The first kappa shape index (κ1) is 21.8. The fourth-order valence-electron chi connectivity index (χ4n) is 4.36. The third-order valence-electron chi connectivity index (χ3n) is 6.38. The van der Waals surface area contributed by atoms with Crippen LogP contribution in [0.4, 0.5) is 4.39 Å². The molecule has 1 aromatic heterocycles. The van der Waals surface area contributed by atoms with Gasteiger partial charge in [0.1, 0.15) is 11.6 Å². The minimum absolute atomic E-state index is 0.305. The minimum atomic E-state index is -0.878. The van der Waals surface area contributed by atoms with Crippen molar-refractivity contribution in [2.45, 2.75) is 19.8 Å². The van der Waals surface area contributed by atoms with E-state index in [1.165, 1.54) is 6.07 Å². The smallest absolute Gasteiger partial charge is 0.331 e. The highest BCUT2D eigenvalue weighted by Crippen LogP contribution is 2.44. The van der Waals surface area contributed by atoms with Gasteiger partial charge >= 0.3 is 5.97 Å². The fourth-order valence-corrected chi connectivity index (χ4v) is 4.36. The van der Waals surface area contributed by atoms with Gasteiger partial charge in [-0.05, 0) is 72.7 Å². The quantitative estimate of drug-likeness (QED) is 0.320. The molecule has 4 aromatic rings.